The molecule has 6 heteroatoms. The smallest absolute Gasteiger partial charge is 0.147 e. The Balaban J connectivity index is 2.80. The van der Waals surface area contributed by atoms with Crippen LogP contribution in [0, 0.1) is 0 Å². The van der Waals surface area contributed by atoms with E-state index in [0.717, 1.165) is 10.7 Å². The summed E-state index contributed by atoms with van der Waals surface area (Å²) in [5.41, 5.74) is 6.72. The summed E-state index contributed by atoms with van der Waals surface area (Å²) in [5.74, 6) is -0.0554. The van der Waals surface area contributed by atoms with Crippen molar-refractivity contribution in [2.75, 3.05) is 17.7 Å². The van der Waals surface area contributed by atoms with Gasteiger partial charge in [-0.05, 0) is 24.6 Å². The highest BCUT2D eigenvalue weighted by Gasteiger charge is 2.14. The monoisotopic (exact) mass is 307 g/mol. The SMILES string of the molecule is CS(=O)(=O)CCC(O)c1cc(Br)ccc1N. The van der Waals surface area contributed by atoms with Crippen molar-refractivity contribution < 1.29 is 13.5 Å². The maximum atomic E-state index is 11.0. The fourth-order valence-electron chi connectivity index (χ4n) is 1.32. The topological polar surface area (TPSA) is 80.4 Å². The van der Waals surface area contributed by atoms with Crippen molar-refractivity contribution in [3.05, 3.63) is 28.2 Å². The summed E-state index contributed by atoms with van der Waals surface area (Å²) in [5, 5.41) is 9.82. The van der Waals surface area contributed by atoms with Crippen LogP contribution in [-0.2, 0) is 9.84 Å². The number of rotatable bonds is 4. The minimum Gasteiger partial charge on any atom is -0.398 e. The number of aliphatic hydroxyl groups is 1. The van der Waals surface area contributed by atoms with Crippen molar-refractivity contribution >= 4 is 31.5 Å². The molecule has 0 aliphatic carbocycles. The molecule has 0 saturated carbocycles. The van der Waals surface area contributed by atoms with E-state index < -0.39 is 15.9 Å². The molecule has 0 spiro atoms. The van der Waals surface area contributed by atoms with Crippen LogP contribution in [0.4, 0.5) is 5.69 Å². The molecule has 4 nitrogen and oxygen atoms in total. The first-order valence-electron chi connectivity index (χ1n) is 4.70. The van der Waals surface area contributed by atoms with Crippen molar-refractivity contribution in [2.24, 2.45) is 0 Å². The van der Waals surface area contributed by atoms with Crippen molar-refractivity contribution in [1.29, 1.82) is 0 Å². The molecule has 0 bridgehead atoms. The molecule has 3 N–H and O–H groups in total. The fraction of sp³-hybridized carbons (Fsp3) is 0.400. The van der Waals surface area contributed by atoms with Gasteiger partial charge >= 0.3 is 0 Å². The number of halogens is 1. The first kappa shape index (κ1) is 13.5. The molecule has 0 saturated heterocycles. The van der Waals surface area contributed by atoms with Gasteiger partial charge in [-0.3, -0.25) is 0 Å². The van der Waals surface area contributed by atoms with Crippen LogP contribution in [0.2, 0.25) is 0 Å². The number of sulfone groups is 1. The molecule has 0 heterocycles. The molecule has 1 rings (SSSR count). The molecule has 1 aromatic rings. The summed E-state index contributed by atoms with van der Waals surface area (Å²) in [6, 6.07) is 5.13. The van der Waals surface area contributed by atoms with Crippen LogP contribution in [0.3, 0.4) is 0 Å². The lowest BCUT2D eigenvalue weighted by molar-refractivity contribution is 0.175. The van der Waals surface area contributed by atoms with Crippen LogP contribution in [0.1, 0.15) is 18.1 Å². The molecule has 1 atom stereocenters. The maximum absolute atomic E-state index is 11.0. The van der Waals surface area contributed by atoms with E-state index in [1.165, 1.54) is 0 Å². The van der Waals surface area contributed by atoms with E-state index in [9.17, 15) is 13.5 Å². The second-order valence-electron chi connectivity index (χ2n) is 3.71. The summed E-state index contributed by atoms with van der Waals surface area (Å²) in [4.78, 5) is 0. The zero-order valence-electron chi connectivity index (χ0n) is 8.85. The van der Waals surface area contributed by atoms with Crippen LogP contribution in [0.25, 0.3) is 0 Å². The van der Waals surface area contributed by atoms with E-state index in [4.69, 9.17) is 5.73 Å². The minimum atomic E-state index is -3.06. The Morgan fingerprint density at radius 2 is 2.12 bits per heavy atom. The Hall–Kier alpha value is -0.590. The lowest BCUT2D eigenvalue weighted by atomic mass is 10.1. The highest BCUT2D eigenvalue weighted by molar-refractivity contribution is 9.10. The van der Waals surface area contributed by atoms with Gasteiger partial charge in [0.05, 0.1) is 11.9 Å². The van der Waals surface area contributed by atoms with Gasteiger partial charge in [-0.2, -0.15) is 0 Å². The average Bonchev–Trinajstić information content (AvgIpc) is 2.17. The third-order valence-corrected chi connectivity index (χ3v) is 3.64. The van der Waals surface area contributed by atoms with Crippen molar-refractivity contribution in [2.45, 2.75) is 12.5 Å². The van der Waals surface area contributed by atoms with Gasteiger partial charge < -0.3 is 10.8 Å². The fourth-order valence-corrected chi connectivity index (χ4v) is 2.35. The summed E-state index contributed by atoms with van der Waals surface area (Å²) in [6.07, 6.45) is 0.441. The highest BCUT2D eigenvalue weighted by Crippen LogP contribution is 2.26. The van der Waals surface area contributed by atoms with Gasteiger partial charge in [-0.1, -0.05) is 15.9 Å². The number of nitrogen functional groups attached to an aromatic ring is 1. The number of anilines is 1. The first-order chi connectivity index (χ1) is 7.29. The Kier molecular flexibility index (Phi) is 4.35. The number of nitrogens with two attached hydrogens (primary N) is 1. The third kappa shape index (κ3) is 4.11. The van der Waals surface area contributed by atoms with Gasteiger partial charge in [0.15, 0.2) is 0 Å². The largest absolute Gasteiger partial charge is 0.398 e. The standard InChI is InChI=1S/C10H14BrNO3S/c1-16(14,15)5-4-10(13)8-6-7(11)2-3-9(8)12/h2-3,6,10,13H,4-5,12H2,1H3. The second kappa shape index (κ2) is 5.16. The normalized spacial score (nSPS) is 13.7. The molecule has 1 unspecified atom stereocenters. The average molecular weight is 308 g/mol. The third-order valence-electron chi connectivity index (χ3n) is 2.17. The van der Waals surface area contributed by atoms with E-state index in [1.807, 2.05) is 0 Å². The molecule has 0 aromatic heterocycles. The summed E-state index contributed by atoms with van der Waals surface area (Å²) < 4.78 is 22.7. The van der Waals surface area contributed by atoms with Crippen LogP contribution in [0.15, 0.2) is 22.7 Å². The number of aliphatic hydroxyl groups excluding tert-OH is 1. The van der Waals surface area contributed by atoms with Gasteiger partial charge in [0.2, 0.25) is 0 Å². The molecule has 0 aliphatic heterocycles. The Morgan fingerprint density at radius 1 is 1.50 bits per heavy atom. The second-order valence-corrected chi connectivity index (χ2v) is 6.88. The summed E-state index contributed by atoms with van der Waals surface area (Å²) in [7, 11) is -3.06. The van der Waals surface area contributed by atoms with Crippen molar-refractivity contribution in [1.82, 2.24) is 0 Å². The maximum Gasteiger partial charge on any atom is 0.147 e. The van der Waals surface area contributed by atoms with Gasteiger partial charge in [-0.25, -0.2) is 8.42 Å². The van der Waals surface area contributed by atoms with Crippen LogP contribution in [-0.4, -0.2) is 25.5 Å². The zero-order valence-corrected chi connectivity index (χ0v) is 11.3. The van der Waals surface area contributed by atoms with E-state index in [2.05, 4.69) is 15.9 Å². The molecule has 0 fully saturated rings. The molecule has 0 radical (unpaired) electrons. The number of hydrogen-bond donors (Lipinski definition) is 2. The zero-order chi connectivity index (χ0) is 12.3. The van der Waals surface area contributed by atoms with Gasteiger partial charge in [0.1, 0.15) is 9.84 Å². The Labute approximate surface area is 104 Å². The van der Waals surface area contributed by atoms with Gasteiger partial charge in [-0.15, -0.1) is 0 Å². The molecular formula is C10H14BrNO3S. The molecule has 90 valence electrons. The van der Waals surface area contributed by atoms with Gasteiger partial charge in [0.25, 0.3) is 0 Å². The predicted molar refractivity (Wildman–Crippen MR) is 67.8 cm³/mol. The van der Waals surface area contributed by atoms with Crippen molar-refractivity contribution in [3.63, 3.8) is 0 Å². The first-order valence-corrected chi connectivity index (χ1v) is 7.55. The quantitative estimate of drug-likeness (QED) is 0.826. The predicted octanol–water partition coefficient (Wildman–Crippen LogP) is 1.50. The molecular weight excluding hydrogens is 294 g/mol. The van der Waals surface area contributed by atoms with Crippen LogP contribution >= 0.6 is 15.9 Å². The van der Waals surface area contributed by atoms with E-state index in [1.54, 1.807) is 18.2 Å². The lowest BCUT2D eigenvalue weighted by Crippen LogP contribution is -2.09. The Morgan fingerprint density at radius 3 is 2.69 bits per heavy atom. The van der Waals surface area contributed by atoms with E-state index in [0.29, 0.717) is 11.3 Å². The summed E-state index contributed by atoms with van der Waals surface area (Å²) in [6.45, 7) is 0. The van der Waals surface area contributed by atoms with Gasteiger partial charge in [0, 0.05) is 22.0 Å². The number of hydrogen-bond acceptors (Lipinski definition) is 4. The minimum absolute atomic E-state index is 0.0554. The molecule has 0 amide bonds. The molecule has 1 aromatic carbocycles. The summed E-state index contributed by atoms with van der Waals surface area (Å²) >= 11 is 3.27. The lowest BCUT2D eigenvalue weighted by Gasteiger charge is -2.13. The molecule has 0 aliphatic rings. The van der Waals surface area contributed by atoms with Crippen LogP contribution < -0.4 is 5.73 Å². The highest BCUT2D eigenvalue weighted by atomic mass is 79.9. The van der Waals surface area contributed by atoms with E-state index >= 15 is 0 Å². The van der Waals surface area contributed by atoms with Crippen LogP contribution in [0.5, 0.6) is 0 Å². The Bertz CT molecular complexity index is 473. The molecule has 16 heavy (non-hydrogen) atoms. The van der Waals surface area contributed by atoms with E-state index in [-0.39, 0.29) is 12.2 Å². The van der Waals surface area contributed by atoms with Crippen molar-refractivity contribution in [3.8, 4) is 0 Å². The number of benzene rings is 1.